The van der Waals surface area contributed by atoms with Gasteiger partial charge in [0.15, 0.2) is 17.5 Å². The van der Waals surface area contributed by atoms with E-state index in [1.54, 1.807) is 0 Å². The van der Waals surface area contributed by atoms with E-state index in [9.17, 15) is 0 Å². The number of benzene rings is 8. The molecule has 3 aromatic heterocycles. The fourth-order valence-electron chi connectivity index (χ4n) is 7.68. The number of rotatable bonds is 4. The summed E-state index contributed by atoms with van der Waals surface area (Å²) in [7, 11) is 0. The molecule has 0 radical (unpaired) electrons. The lowest BCUT2D eigenvalue weighted by molar-refractivity contribution is 0.669. The van der Waals surface area contributed by atoms with Crippen molar-refractivity contribution >= 4 is 65.4 Å². The third kappa shape index (κ3) is 4.46. The van der Waals surface area contributed by atoms with Gasteiger partial charge in [0.1, 0.15) is 22.3 Å². The van der Waals surface area contributed by atoms with Crippen LogP contribution in [0.4, 0.5) is 0 Å². The molecule has 0 bridgehead atoms. The molecule has 0 aliphatic rings. The quantitative estimate of drug-likeness (QED) is 0.187. The first kappa shape index (κ1) is 28.7. The summed E-state index contributed by atoms with van der Waals surface area (Å²) in [5.74, 6) is 1.78. The molecule has 11 aromatic rings. The van der Waals surface area contributed by atoms with Gasteiger partial charge in [-0.05, 0) is 75.1 Å². The molecule has 242 valence electrons. The zero-order valence-corrected chi connectivity index (χ0v) is 27.7. The van der Waals surface area contributed by atoms with Gasteiger partial charge in [-0.2, -0.15) is 0 Å². The lowest BCUT2D eigenvalue weighted by atomic mass is 9.94. The second-order valence-corrected chi connectivity index (χ2v) is 13.2. The van der Waals surface area contributed by atoms with E-state index in [-0.39, 0.29) is 0 Å². The number of furan rings is 2. The molecule has 52 heavy (non-hydrogen) atoms. The summed E-state index contributed by atoms with van der Waals surface area (Å²) in [5.41, 5.74) is 8.40. The van der Waals surface area contributed by atoms with Crippen molar-refractivity contribution in [1.29, 1.82) is 0 Å². The average Bonchev–Trinajstić information content (AvgIpc) is 3.77. The lowest BCUT2D eigenvalue weighted by Crippen LogP contribution is -2.01. The Balaban J connectivity index is 1.16. The Kier molecular flexibility index (Phi) is 6.18. The molecule has 0 aliphatic heterocycles. The summed E-state index contributed by atoms with van der Waals surface area (Å²) in [6.07, 6.45) is 0. The minimum Gasteiger partial charge on any atom is -0.456 e. The summed E-state index contributed by atoms with van der Waals surface area (Å²) in [6, 6.07) is 56.4. The van der Waals surface area contributed by atoms with E-state index in [1.807, 2.05) is 54.6 Å². The maximum absolute atomic E-state index is 6.28. The summed E-state index contributed by atoms with van der Waals surface area (Å²) in [6.45, 7) is 0. The Morgan fingerprint density at radius 3 is 1.75 bits per heavy atom. The van der Waals surface area contributed by atoms with Crippen molar-refractivity contribution in [3.8, 4) is 45.3 Å². The number of fused-ring (bicyclic) bond motifs is 8. The van der Waals surface area contributed by atoms with Crippen molar-refractivity contribution in [2.75, 3.05) is 0 Å². The van der Waals surface area contributed by atoms with E-state index >= 15 is 0 Å². The van der Waals surface area contributed by atoms with Gasteiger partial charge >= 0.3 is 0 Å². The van der Waals surface area contributed by atoms with E-state index < -0.39 is 0 Å². The highest BCUT2D eigenvalue weighted by Gasteiger charge is 2.20. The summed E-state index contributed by atoms with van der Waals surface area (Å²) in [5, 5.41) is 8.60. The number of nitrogens with zero attached hydrogens (tertiary/aromatic N) is 3. The summed E-state index contributed by atoms with van der Waals surface area (Å²) >= 11 is 0. The van der Waals surface area contributed by atoms with Crippen molar-refractivity contribution in [3.63, 3.8) is 0 Å². The van der Waals surface area contributed by atoms with Crippen LogP contribution in [0.3, 0.4) is 0 Å². The van der Waals surface area contributed by atoms with Crippen molar-refractivity contribution in [3.05, 3.63) is 164 Å². The largest absolute Gasteiger partial charge is 0.456 e. The van der Waals surface area contributed by atoms with E-state index in [0.717, 1.165) is 93.2 Å². The molecule has 0 spiro atoms. The van der Waals surface area contributed by atoms with Crippen LogP contribution in [0.2, 0.25) is 0 Å². The van der Waals surface area contributed by atoms with E-state index in [1.165, 1.54) is 0 Å². The van der Waals surface area contributed by atoms with E-state index in [0.29, 0.717) is 17.5 Å². The van der Waals surface area contributed by atoms with Gasteiger partial charge in [0.05, 0.1) is 0 Å². The summed E-state index contributed by atoms with van der Waals surface area (Å²) in [4.78, 5) is 15.7. The van der Waals surface area contributed by atoms with Crippen LogP contribution in [0, 0.1) is 0 Å². The van der Waals surface area contributed by atoms with Crippen molar-refractivity contribution in [2.45, 2.75) is 0 Å². The van der Waals surface area contributed by atoms with Crippen LogP contribution in [0.15, 0.2) is 173 Å². The molecule has 3 heterocycles. The second kappa shape index (κ2) is 11.2. The molecule has 0 saturated carbocycles. The molecule has 0 N–H and O–H groups in total. The SMILES string of the molecule is c1ccc(-c2ccc(-c3nc(-c4ccc5cc6c(cc5c4)oc4ccccc46)nc(-c4cccc5oc6ccccc6c45)n3)c3ccccc23)cc1. The fraction of sp³-hybridized carbons (Fsp3) is 0. The molecule has 11 rings (SSSR count). The van der Waals surface area contributed by atoms with Crippen LogP contribution in [0.5, 0.6) is 0 Å². The third-order valence-electron chi connectivity index (χ3n) is 10.1. The highest BCUT2D eigenvalue weighted by atomic mass is 16.3. The van der Waals surface area contributed by atoms with Gasteiger partial charge < -0.3 is 8.83 Å². The molecule has 5 heteroatoms. The standard InChI is InChI=1S/C47H27N3O2/c1-2-11-28(12-3-1)32-23-24-36(34-14-5-4-13-33(32)34)46-48-45(49-47(50-46)38-17-10-20-42-44(38)37-16-7-9-19-41(37)51-42)30-22-21-29-26-39-35-15-6-8-18-40(35)52-43(39)27-31(29)25-30/h1-27H. The van der Waals surface area contributed by atoms with Gasteiger partial charge in [0, 0.05) is 38.2 Å². The monoisotopic (exact) mass is 665 g/mol. The number of para-hydroxylation sites is 2. The van der Waals surface area contributed by atoms with Gasteiger partial charge in [-0.25, -0.2) is 15.0 Å². The number of aromatic nitrogens is 3. The van der Waals surface area contributed by atoms with Crippen LogP contribution in [0.25, 0.3) is 111 Å². The van der Waals surface area contributed by atoms with Gasteiger partial charge in [-0.1, -0.05) is 121 Å². The topological polar surface area (TPSA) is 65.0 Å². The molecular weight excluding hydrogens is 639 g/mol. The Morgan fingerprint density at radius 1 is 0.308 bits per heavy atom. The predicted molar refractivity (Wildman–Crippen MR) is 211 cm³/mol. The first-order valence-electron chi connectivity index (χ1n) is 17.3. The minimum absolute atomic E-state index is 0.584. The second-order valence-electron chi connectivity index (χ2n) is 13.2. The zero-order chi connectivity index (χ0) is 34.2. The molecule has 0 aliphatic carbocycles. The lowest BCUT2D eigenvalue weighted by Gasteiger charge is -2.13. The zero-order valence-electron chi connectivity index (χ0n) is 27.7. The maximum atomic E-state index is 6.28. The first-order valence-corrected chi connectivity index (χ1v) is 17.3. The van der Waals surface area contributed by atoms with Gasteiger partial charge in [0.2, 0.25) is 0 Å². The Labute approximate surface area is 297 Å². The molecule has 0 amide bonds. The Morgan fingerprint density at radius 2 is 0.923 bits per heavy atom. The van der Waals surface area contributed by atoms with Crippen molar-refractivity contribution < 1.29 is 8.83 Å². The van der Waals surface area contributed by atoms with Crippen LogP contribution in [-0.2, 0) is 0 Å². The van der Waals surface area contributed by atoms with Gasteiger partial charge in [-0.15, -0.1) is 0 Å². The average molecular weight is 666 g/mol. The molecule has 5 nitrogen and oxygen atoms in total. The Bertz CT molecular complexity index is 3190. The smallest absolute Gasteiger partial charge is 0.164 e. The highest BCUT2D eigenvalue weighted by molar-refractivity contribution is 6.13. The van der Waals surface area contributed by atoms with Crippen molar-refractivity contribution in [2.24, 2.45) is 0 Å². The Hall–Kier alpha value is -7.11. The molecule has 0 atom stereocenters. The normalized spacial score (nSPS) is 11.8. The predicted octanol–water partition coefficient (Wildman–Crippen LogP) is 12.6. The maximum Gasteiger partial charge on any atom is 0.164 e. The van der Waals surface area contributed by atoms with E-state index in [2.05, 4.69) is 109 Å². The van der Waals surface area contributed by atoms with Gasteiger partial charge in [0.25, 0.3) is 0 Å². The van der Waals surface area contributed by atoms with Gasteiger partial charge in [-0.3, -0.25) is 0 Å². The van der Waals surface area contributed by atoms with Crippen LogP contribution in [-0.4, -0.2) is 15.0 Å². The minimum atomic E-state index is 0.584. The molecule has 0 saturated heterocycles. The summed E-state index contributed by atoms with van der Waals surface area (Å²) < 4.78 is 12.5. The third-order valence-corrected chi connectivity index (χ3v) is 10.1. The van der Waals surface area contributed by atoms with Crippen LogP contribution < -0.4 is 0 Å². The molecule has 0 unspecified atom stereocenters. The molecular formula is C47H27N3O2. The van der Waals surface area contributed by atoms with E-state index in [4.69, 9.17) is 23.8 Å². The fourth-order valence-corrected chi connectivity index (χ4v) is 7.68. The number of hydrogen-bond donors (Lipinski definition) is 0. The molecule has 0 fully saturated rings. The molecule has 8 aromatic carbocycles. The van der Waals surface area contributed by atoms with Crippen LogP contribution in [0.1, 0.15) is 0 Å². The highest BCUT2D eigenvalue weighted by Crippen LogP contribution is 2.39. The van der Waals surface area contributed by atoms with Crippen LogP contribution >= 0.6 is 0 Å². The van der Waals surface area contributed by atoms with Crippen molar-refractivity contribution in [1.82, 2.24) is 15.0 Å². The number of hydrogen-bond acceptors (Lipinski definition) is 5. The first-order chi connectivity index (χ1) is 25.7.